The highest BCUT2D eigenvalue weighted by atomic mass is 19.1. The van der Waals surface area contributed by atoms with Crippen molar-refractivity contribution in [2.75, 3.05) is 7.11 Å². The maximum atomic E-state index is 14.3. The van der Waals surface area contributed by atoms with Gasteiger partial charge < -0.3 is 19.4 Å². The van der Waals surface area contributed by atoms with Crippen LogP contribution in [0.2, 0.25) is 0 Å². The summed E-state index contributed by atoms with van der Waals surface area (Å²) in [6, 6.07) is 11.6. The van der Waals surface area contributed by atoms with Crippen molar-refractivity contribution in [1.29, 1.82) is 0 Å². The van der Waals surface area contributed by atoms with Gasteiger partial charge >= 0.3 is 7.12 Å². The van der Waals surface area contributed by atoms with Crippen LogP contribution < -0.4 is 15.5 Å². The second-order valence-corrected chi connectivity index (χ2v) is 7.82. The molecule has 148 valence electrons. The van der Waals surface area contributed by atoms with E-state index in [2.05, 4.69) is 5.32 Å². The van der Waals surface area contributed by atoms with Gasteiger partial charge in [-0.1, -0.05) is 24.3 Å². The Kier molecular flexibility index (Phi) is 5.50. The smallest absolute Gasteiger partial charge is 0.494 e. The van der Waals surface area contributed by atoms with Gasteiger partial charge in [0.15, 0.2) is 0 Å². The molecule has 0 atom stereocenters. The van der Waals surface area contributed by atoms with E-state index in [9.17, 15) is 9.18 Å². The van der Waals surface area contributed by atoms with Crippen LogP contribution in [0.15, 0.2) is 42.5 Å². The highest BCUT2D eigenvalue weighted by Crippen LogP contribution is 2.36. The van der Waals surface area contributed by atoms with Gasteiger partial charge in [-0.25, -0.2) is 4.39 Å². The van der Waals surface area contributed by atoms with Gasteiger partial charge in [0.1, 0.15) is 11.6 Å². The SMILES string of the molecule is COc1ccccc1C(=O)NCc1cc(B2OC(C)(C)C(C)(C)O2)ccc1F. The van der Waals surface area contributed by atoms with Crippen LogP contribution in [0, 0.1) is 5.82 Å². The van der Waals surface area contributed by atoms with E-state index >= 15 is 0 Å². The van der Waals surface area contributed by atoms with E-state index in [0.29, 0.717) is 22.3 Å². The van der Waals surface area contributed by atoms with Crippen molar-refractivity contribution in [3.8, 4) is 5.75 Å². The summed E-state index contributed by atoms with van der Waals surface area (Å²) in [5.74, 6) is -0.273. The molecule has 1 amide bonds. The summed E-state index contributed by atoms with van der Waals surface area (Å²) in [7, 11) is 0.911. The second-order valence-electron chi connectivity index (χ2n) is 7.82. The number of hydrogen-bond donors (Lipinski definition) is 1. The molecule has 0 radical (unpaired) electrons. The maximum Gasteiger partial charge on any atom is 0.494 e. The summed E-state index contributed by atoms with van der Waals surface area (Å²) in [4.78, 5) is 12.5. The highest BCUT2D eigenvalue weighted by molar-refractivity contribution is 6.62. The molecule has 1 heterocycles. The molecule has 0 saturated carbocycles. The Labute approximate surface area is 165 Å². The van der Waals surface area contributed by atoms with Crippen LogP contribution in [0.3, 0.4) is 0 Å². The third-order valence-electron chi connectivity index (χ3n) is 5.39. The van der Waals surface area contributed by atoms with Gasteiger partial charge in [-0.3, -0.25) is 4.79 Å². The van der Waals surface area contributed by atoms with Crippen LogP contribution in [-0.2, 0) is 15.9 Å². The summed E-state index contributed by atoms with van der Waals surface area (Å²) in [6.07, 6.45) is 0. The third-order valence-corrected chi connectivity index (χ3v) is 5.39. The molecular formula is C21H25BFNO4. The van der Waals surface area contributed by atoms with Crippen LogP contribution in [-0.4, -0.2) is 31.3 Å². The Morgan fingerprint density at radius 1 is 1.11 bits per heavy atom. The van der Waals surface area contributed by atoms with Crippen LogP contribution in [0.5, 0.6) is 5.75 Å². The summed E-state index contributed by atoms with van der Waals surface area (Å²) >= 11 is 0. The topological polar surface area (TPSA) is 56.8 Å². The number of methoxy groups -OCH3 is 1. The number of rotatable bonds is 5. The van der Waals surface area contributed by atoms with Crippen molar-refractivity contribution in [3.63, 3.8) is 0 Å². The lowest BCUT2D eigenvalue weighted by molar-refractivity contribution is 0.00578. The number of carbonyl (C=O) groups excluding carboxylic acids is 1. The molecule has 1 saturated heterocycles. The second kappa shape index (κ2) is 7.56. The Morgan fingerprint density at radius 3 is 2.39 bits per heavy atom. The molecule has 2 aromatic rings. The molecule has 0 unspecified atom stereocenters. The molecular weight excluding hydrogens is 360 g/mol. The largest absolute Gasteiger partial charge is 0.496 e. The minimum Gasteiger partial charge on any atom is -0.496 e. The number of halogens is 1. The number of hydrogen-bond acceptors (Lipinski definition) is 4. The lowest BCUT2D eigenvalue weighted by Crippen LogP contribution is -2.41. The Morgan fingerprint density at radius 2 is 1.75 bits per heavy atom. The zero-order chi connectivity index (χ0) is 20.5. The number of amides is 1. The molecule has 0 aliphatic carbocycles. The van der Waals surface area contributed by atoms with Crippen LogP contribution in [0.4, 0.5) is 4.39 Å². The molecule has 1 aliphatic heterocycles. The van der Waals surface area contributed by atoms with Gasteiger partial charge in [0.2, 0.25) is 0 Å². The summed E-state index contributed by atoms with van der Waals surface area (Å²) in [5.41, 5.74) is 0.499. The van der Waals surface area contributed by atoms with Crippen molar-refractivity contribution in [2.45, 2.75) is 45.4 Å². The van der Waals surface area contributed by atoms with Crippen molar-refractivity contribution < 1.29 is 23.2 Å². The molecule has 3 rings (SSSR count). The number of ether oxygens (including phenoxy) is 1. The molecule has 0 aromatic heterocycles. The summed E-state index contributed by atoms with van der Waals surface area (Å²) in [5, 5.41) is 2.74. The minimum absolute atomic E-state index is 0.0378. The molecule has 2 aromatic carbocycles. The number of benzene rings is 2. The van der Waals surface area contributed by atoms with E-state index in [-0.39, 0.29) is 12.5 Å². The molecule has 7 heteroatoms. The lowest BCUT2D eigenvalue weighted by atomic mass is 9.78. The monoisotopic (exact) mass is 385 g/mol. The van der Waals surface area contributed by atoms with Crippen molar-refractivity contribution >= 4 is 18.5 Å². The molecule has 28 heavy (non-hydrogen) atoms. The normalized spacial score (nSPS) is 17.4. The zero-order valence-corrected chi connectivity index (χ0v) is 16.8. The van der Waals surface area contributed by atoms with Gasteiger partial charge in [-0.2, -0.15) is 0 Å². The van der Waals surface area contributed by atoms with E-state index in [1.54, 1.807) is 36.4 Å². The van der Waals surface area contributed by atoms with Crippen molar-refractivity contribution in [2.24, 2.45) is 0 Å². The summed E-state index contributed by atoms with van der Waals surface area (Å²) in [6.45, 7) is 7.89. The molecule has 1 N–H and O–H groups in total. The van der Waals surface area contributed by atoms with Crippen LogP contribution in [0.1, 0.15) is 43.6 Å². The van der Waals surface area contributed by atoms with Gasteiger partial charge in [0.05, 0.1) is 23.9 Å². The number of carbonyl (C=O) groups is 1. The average molecular weight is 385 g/mol. The van der Waals surface area contributed by atoms with Crippen molar-refractivity contribution in [1.82, 2.24) is 5.32 Å². The van der Waals surface area contributed by atoms with E-state index in [1.807, 2.05) is 27.7 Å². The standard InChI is InChI=1S/C21H25BFNO4/c1-20(2)21(3,4)28-22(27-20)15-10-11-17(23)14(12-15)13-24-19(25)16-8-6-7-9-18(16)26-5/h6-12H,13H2,1-5H3,(H,24,25). The van der Waals surface area contributed by atoms with Gasteiger partial charge in [-0.15, -0.1) is 0 Å². The summed E-state index contributed by atoms with van der Waals surface area (Å²) < 4.78 is 31.5. The van der Waals surface area contributed by atoms with Crippen molar-refractivity contribution in [3.05, 3.63) is 59.4 Å². The molecule has 1 aliphatic rings. The maximum absolute atomic E-state index is 14.3. The lowest BCUT2D eigenvalue weighted by Gasteiger charge is -2.32. The van der Waals surface area contributed by atoms with Crippen LogP contribution in [0.25, 0.3) is 0 Å². The highest BCUT2D eigenvalue weighted by Gasteiger charge is 2.51. The first-order chi connectivity index (χ1) is 13.1. The predicted octanol–water partition coefficient (Wildman–Crippen LogP) is 3.06. The quantitative estimate of drug-likeness (QED) is 0.804. The average Bonchev–Trinajstić information content (AvgIpc) is 2.88. The van der Waals surface area contributed by atoms with Gasteiger partial charge in [0, 0.05) is 12.1 Å². The Hall–Kier alpha value is -2.38. The predicted molar refractivity (Wildman–Crippen MR) is 106 cm³/mol. The molecule has 5 nitrogen and oxygen atoms in total. The zero-order valence-electron chi connectivity index (χ0n) is 16.8. The first-order valence-electron chi connectivity index (χ1n) is 9.20. The van der Waals surface area contributed by atoms with E-state index in [4.69, 9.17) is 14.0 Å². The number of para-hydroxylation sites is 1. The number of nitrogens with one attached hydrogen (secondary N) is 1. The van der Waals surface area contributed by atoms with E-state index in [0.717, 1.165) is 0 Å². The molecule has 0 spiro atoms. The first-order valence-corrected chi connectivity index (χ1v) is 9.20. The fraction of sp³-hybridized carbons (Fsp3) is 0.381. The fourth-order valence-corrected chi connectivity index (χ4v) is 2.96. The van der Waals surface area contributed by atoms with Gasteiger partial charge in [0.25, 0.3) is 5.91 Å². The fourth-order valence-electron chi connectivity index (χ4n) is 2.96. The van der Waals surface area contributed by atoms with Crippen LogP contribution >= 0.6 is 0 Å². The molecule has 0 bridgehead atoms. The molecule has 1 fully saturated rings. The first kappa shape index (κ1) is 20.4. The third kappa shape index (κ3) is 3.91. The van der Waals surface area contributed by atoms with E-state index in [1.165, 1.54) is 13.2 Å². The Bertz CT molecular complexity index is 868. The Balaban J connectivity index is 1.75. The van der Waals surface area contributed by atoms with E-state index < -0.39 is 24.1 Å². The van der Waals surface area contributed by atoms with Gasteiger partial charge in [-0.05, 0) is 51.4 Å². The minimum atomic E-state index is -0.589.